The zero-order valence-electron chi connectivity index (χ0n) is 12.4. The predicted octanol–water partition coefficient (Wildman–Crippen LogP) is 3.26. The van der Waals surface area contributed by atoms with Gasteiger partial charge in [0.2, 0.25) is 0 Å². The predicted molar refractivity (Wildman–Crippen MR) is 78.7 cm³/mol. The summed E-state index contributed by atoms with van der Waals surface area (Å²) in [5.74, 6) is 8.90. The number of furan rings is 1. The minimum atomic E-state index is 0.360. The molecule has 20 heavy (non-hydrogen) atoms. The SMILES string of the molecule is CC12CC3CC(C1)CC(C(Cc1ccco1)NN)(C3)C2. The van der Waals surface area contributed by atoms with Crippen LogP contribution in [-0.4, -0.2) is 6.04 Å². The number of rotatable bonds is 4. The van der Waals surface area contributed by atoms with Gasteiger partial charge in [-0.3, -0.25) is 11.3 Å². The van der Waals surface area contributed by atoms with Crippen molar-refractivity contribution in [1.82, 2.24) is 5.43 Å². The maximum absolute atomic E-state index is 5.96. The average Bonchev–Trinajstić information content (AvgIpc) is 2.85. The highest BCUT2D eigenvalue weighted by molar-refractivity contribution is 5.12. The van der Waals surface area contributed by atoms with E-state index in [4.69, 9.17) is 10.3 Å². The third-order valence-corrected chi connectivity index (χ3v) is 6.32. The molecule has 5 rings (SSSR count). The molecule has 4 bridgehead atoms. The molecule has 110 valence electrons. The van der Waals surface area contributed by atoms with E-state index in [-0.39, 0.29) is 0 Å². The summed E-state index contributed by atoms with van der Waals surface area (Å²) in [5, 5.41) is 0. The summed E-state index contributed by atoms with van der Waals surface area (Å²) in [5.41, 5.74) is 4.13. The van der Waals surface area contributed by atoms with Gasteiger partial charge in [0.1, 0.15) is 5.76 Å². The van der Waals surface area contributed by atoms with Crippen LogP contribution >= 0.6 is 0 Å². The fraction of sp³-hybridized carbons (Fsp3) is 0.765. The van der Waals surface area contributed by atoms with E-state index in [0.717, 1.165) is 24.0 Å². The molecule has 4 fully saturated rings. The Kier molecular flexibility index (Phi) is 2.80. The van der Waals surface area contributed by atoms with Gasteiger partial charge in [0, 0.05) is 12.5 Å². The molecule has 4 aliphatic rings. The molecule has 3 atom stereocenters. The quantitative estimate of drug-likeness (QED) is 0.654. The smallest absolute Gasteiger partial charge is 0.105 e. The minimum Gasteiger partial charge on any atom is -0.469 e. The summed E-state index contributed by atoms with van der Waals surface area (Å²) in [4.78, 5) is 0. The van der Waals surface area contributed by atoms with Crippen LogP contribution in [0.5, 0.6) is 0 Å². The molecule has 0 radical (unpaired) electrons. The van der Waals surface area contributed by atoms with Crippen molar-refractivity contribution < 1.29 is 4.42 Å². The van der Waals surface area contributed by atoms with Crippen molar-refractivity contribution in [1.29, 1.82) is 0 Å². The van der Waals surface area contributed by atoms with Crippen LogP contribution in [0, 0.1) is 22.7 Å². The highest BCUT2D eigenvalue weighted by Crippen LogP contribution is 2.66. The lowest BCUT2D eigenvalue weighted by molar-refractivity contribution is -0.118. The van der Waals surface area contributed by atoms with Gasteiger partial charge < -0.3 is 4.42 Å². The monoisotopic (exact) mass is 274 g/mol. The zero-order valence-corrected chi connectivity index (χ0v) is 12.4. The Labute approximate surface area is 121 Å². The van der Waals surface area contributed by atoms with Gasteiger partial charge in [-0.15, -0.1) is 0 Å². The maximum Gasteiger partial charge on any atom is 0.105 e. The van der Waals surface area contributed by atoms with Crippen LogP contribution in [0.2, 0.25) is 0 Å². The zero-order chi connectivity index (χ0) is 13.8. The Morgan fingerprint density at radius 2 is 2.10 bits per heavy atom. The number of nitrogens with two attached hydrogens (primary N) is 1. The van der Waals surface area contributed by atoms with Gasteiger partial charge in [0.05, 0.1) is 6.26 Å². The second-order valence-corrected chi connectivity index (χ2v) is 8.14. The van der Waals surface area contributed by atoms with Gasteiger partial charge in [-0.1, -0.05) is 6.92 Å². The largest absolute Gasteiger partial charge is 0.469 e. The van der Waals surface area contributed by atoms with Crippen LogP contribution in [0.25, 0.3) is 0 Å². The number of hydrogen-bond acceptors (Lipinski definition) is 3. The molecule has 4 aliphatic carbocycles. The fourth-order valence-electron chi connectivity index (χ4n) is 6.29. The summed E-state index contributed by atoms with van der Waals surface area (Å²) < 4.78 is 5.56. The van der Waals surface area contributed by atoms with Crippen LogP contribution in [-0.2, 0) is 6.42 Å². The van der Waals surface area contributed by atoms with Crippen molar-refractivity contribution >= 4 is 0 Å². The van der Waals surface area contributed by atoms with Crippen LogP contribution in [0.4, 0.5) is 0 Å². The van der Waals surface area contributed by atoms with Crippen LogP contribution in [0.3, 0.4) is 0 Å². The molecule has 1 aromatic rings. The Balaban J connectivity index is 1.62. The van der Waals surface area contributed by atoms with Crippen molar-refractivity contribution in [2.45, 2.75) is 57.9 Å². The molecule has 0 spiro atoms. The van der Waals surface area contributed by atoms with E-state index in [1.54, 1.807) is 6.26 Å². The molecule has 0 saturated heterocycles. The molecule has 3 unspecified atom stereocenters. The van der Waals surface area contributed by atoms with Gasteiger partial charge in [-0.2, -0.15) is 0 Å². The lowest BCUT2D eigenvalue weighted by Crippen LogP contribution is -2.60. The molecule has 0 aromatic carbocycles. The molecule has 1 heterocycles. The highest BCUT2D eigenvalue weighted by atomic mass is 16.3. The second-order valence-electron chi connectivity index (χ2n) is 8.14. The van der Waals surface area contributed by atoms with Crippen LogP contribution in [0.1, 0.15) is 51.2 Å². The molecule has 0 amide bonds. The number of hydrazine groups is 1. The first-order chi connectivity index (χ1) is 9.61. The highest BCUT2D eigenvalue weighted by Gasteiger charge is 2.58. The second kappa shape index (κ2) is 4.35. The topological polar surface area (TPSA) is 51.2 Å². The van der Waals surface area contributed by atoms with E-state index in [1.165, 1.54) is 38.5 Å². The van der Waals surface area contributed by atoms with E-state index >= 15 is 0 Å². The van der Waals surface area contributed by atoms with E-state index in [9.17, 15) is 0 Å². The van der Waals surface area contributed by atoms with Crippen LogP contribution < -0.4 is 11.3 Å². The van der Waals surface area contributed by atoms with Crippen molar-refractivity contribution in [2.75, 3.05) is 0 Å². The molecule has 3 heteroatoms. The van der Waals surface area contributed by atoms with Crippen molar-refractivity contribution in [3.63, 3.8) is 0 Å². The standard InChI is InChI=1S/C17H26N2O/c1-16-7-12-5-13(8-16)10-17(9-12,11-16)15(19-18)6-14-3-2-4-20-14/h2-4,12-13,15,19H,5-11,18H2,1H3. The van der Waals surface area contributed by atoms with E-state index in [2.05, 4.69) is 18.4 Å². The lowest BCUT2D eigenvalue weighted by atomic mass is 9.43. The molecular weight excluding hydrogens is 248 g/mol. The molecule has 0 aliphatic heterocycles. The van der Waals surface area contributed by atoms with E-state index < -0.39 is 0 Å². The van der Waals surface area contributed by atoms with Gasteiger partial charge >= 0.3 is 0 Å². The number of hydrogen-bond donors (Lipinski definition) is 2. The normalized spacial score (nSPS) is 43.9. The molecular formula is C17H26N2O. The van der Waals surface area contributed by atoms with Crippen LogP contribution in [0.15, 0.2) is 22.8 Å². The van der Waals surface area contributed by atoms with Gasteiger partial charge in [-0.25, -0.2) is 0 Å². The Hall–Kier alpha value is -0.800. The van der Waals surface area contributed by atoms with Crippen molar-refractivity contribution in [2.24, 2.45) is 28.5 Å². The third kappa shape index (κ3) is 1.94. The van der Waals surface area contributed by atoms with E-state index in [1.807, 2.05) is 6.07 Å². The minimum absolute atomic E-state index is 0.360. The first-order valence-electron chi connectivity index (χ1n) is 8.09. The summed E-state index contributed by atoms with van der Waals surface area (Å²) in [6, 6.07) is 4.41. The Morgan fingerprint density at radius 1 is 1.35 bits per heavy atom. The van der Waals surface area contributed by atoms with Gasteiger partial charge in [0.25, 0.3) is 0 Å². The van der Waals surface area contributed by atoms with Crippen molar-refractivity contribution in [3.8, 4) is 0 Å². The van der Waals surface area contributed by atoms with E-state index in [0.29, 0.717) is 16.9 Å². The van der Waals surface area contributed by atoms with Gasteiger partial charge in [0.15, 0.2) is 0 Å². The Bertz CT molecular complexity index is 467. The molecule has 3 N–H and O–H groups in total. The first-order valence-corrected chi connectivity index (χ1v) is 8.09. The summed E-state index contributed by atoms with van der Waals surface area (Å²) in [7, 11) is 0. The molecule has 1 aromatic heterocycles. The summed E-state index contributed by atoms with van der Waals surface area (Å²) >= 11 is 0. The Morgan fingerprint density at radius 3 is 2.65 bits per heavy atom. The molecule has 4 saturated carbocycles. The summed E-state index contributed by atoms with van der Waals surface area (Å²) in [6.07, 6.45) is 11.1. The van der Waals surface area contributed by atoms with Gasteiger partial charge in [-0.05, 0) is 73.3 Å². The summed E-state index contributed by atoms with van der Waals surface area (Å²) in [6.45, 7) is 2.51. The van der Waals surface area contributed by atoms with Crippen molar-refractivity contribution in [3.05, 3.63) is 24.2 Å². The fourth-order valence-corrected chi connectivity index (χ4v) is 6.29. The maximum atomic E-state index is 5.96. The third-order valence-electron chi connectivity index (χ3n) is 6.32. The average molecular weight is 274 g/mol. The lowest BCUT2D eigenvalue weighted by Gasteiger charge is -2.63. The number of nitrogens with one attached hydrogen (secondary N) is 1. The first kappa shape index (κ1) is 12.9. The molecule has 3 nitrogen and oxygen atoms in total.